The van der Waals surface area contributed by atoms with Gasteiger partial charge in [-0.25, -0.2) is 9.18 Å². The first-order valence-electron chi connectivity index (χ1n) is 9.90. The predicted molar refractivity (Wildman–Crippen MR) is 115 cm³/mol. The van der Waals surface area contributed by atoms with Crippen molar-refractivity contribution >= 4 is 45.5 Å². The Bertz CT molecular complexity index is 1060. The summed E-state index contributed by atoms with van der Waals surface area (Å²) in [6, 6.07) is 4.50. The average molecular weight is 444 g/mol. The van der Waals surface area contributed by atoms with Crippen molar-refractivity contribution in [1.82, 2.24) is 0 Å². The van der Waals surface area contributed by atoms with E-state index < -0.39 is 29.6 Å². The second-order valence-corrected chi connectivity index (χ2v) is 8.21. The number of rotatable bonds is 7. The number of nitrogens with zero attached hydrogens (tertiary/aromatic N) is 2. The molecule has 2 aromatic rings. The van der Waals surface area contributed by atoms with Crippen LogP contribution in [0.1, 0.15) is 48.0 Å². The molecule has 1 aliphatic heterocycles. The zero-order chi connectivity index (χ0) is 22.1. The Kier molecular flexibility index (Phi) is 5.73. The molecule has 1 aromatic heterocycles. The zero-order valence-electron chi connectivity index (χ0n) is 16.8. The predicted octanol–water partition coefficient (Wildman–Crippen LogP) is 3.00. The van der Waals surface area contributed by atoms with Crippen molar-refractivity contribution in [2.75, 3.05) is 16.9 Å². The maximum atomic E-state index is 13.3. The highest BCUT2D eigenvalue weighted by molar-refractivity contribution is 7.15. The van der Waals surface area contributed by atoms with Gasteiger partial charge < -0.3 is 15.8 Å². The molecule has 1 aliphatic carbocycles. The van der Waals surface area contributed by atoms with Crippen LogP contribution in [0, 0.1) is 5.82 Å². The smallest absolute Gasteiger partial charge is 0.341 e. The molecule has 31 heavy (non-hydrogen) atoms. The fourth-order valence-corrected chi connectivity index (χ4v) is 4.47. The molecule has 0 radical (unpaired) electrons. The van der Waals surface area contributed by atoms with Crippen LogP contribution >= 0.6 is 11.3 Å². The monoisotopic (exact) mass is 444 g/mol. The van der Waals surface area contributed by atoms with E-state index in [1.54, 1.807) is 6.92 Å². The summed E-state index contributed by atoms with van der Waals surface area (Å²) in [6.45, 7) is 1.95. The van der Waals surface area contributed by atoms with Crippen molar-refractivity contribution in [2.24, 2.45) is 10.8 Å². The second kappa shape index (κ2) is 8.46. The maximum absolute atomic E-state index is 13.3. The lowest BCUT2D eigenvalue weighted by Gasteiger charge is -2.20. The molecule has 2 amide bonds. The summed E-state index contributed by atoms with van der Waals surface area (Å²) in [5.74, 6) is -1.80. The lowest BCUT2D eigenvalue weighted by Crippen LogP contribution is -2.39. The van der Waals surface area contributed by atoms with Gasteiger partial charge in [0.25, 0.3) is 5.91 Å². The van der Waals surface area contributed by atoms with Gasteiger partial charge in [-0.1, -0.05) is 0 Å². The van der Waals surface area contributed by atoms with Gasteiger partial charge in [-0.2, -0.15) is 5.10 Å². The number of nitrogens with one attached hydrogen (secondary N) is 1. The van der Waals surface area contributed by atoms with Crippen LogP contribution in [0.2, 0.25) is 0 Å². The van der Waals surface area contributed by atoms with Gasteiger partial charge in [0, 0.05) is 6.42 Å². The number of carbonyl (C=O) groups excluding carboxylic acids is 3. The number of halogens is 1. The highest BCUT2D eigenvalue weighted by Crippen LogP contribution is 2.46. The Balaban J connectivity index is 1.58. The molecule has 3 N–H and O–H groups in total. The molecule has 1 unspecified atom stereocenters. The second-order valence-electron chi connectivity index (χ2n) is 7.33. The molecule has 2 aliphatic rings. The Labute approximate surface area is 181 Å². The number of esters is 1. The van der Waals surface area contributed by atoms with Crippen molar-refractivity contribution < 1.29 is 23.5 Å². The largest absolute Gasteiger partial charge is 0.462 e. The maximum Gasteiger partial charge on any atom is 0.341 e. The number of benzene rings is 1. The number of primary amides is 1. The molecule has 4 rings (SSSR count). The van der Waals surface area contributed by atoms with Crippen LogP contribution in [0.15, 0.2) is 34.7 Å². The minimum Gasteiger partial charge on any atom is -0.462 e. The summed E-state index contributed by atoms with van der Waals surface area (Å²) in [7, 11) is 0. The van der Waals surface area contributed by atoms with E-state index in [9.17, 15) is 18.8 Å². The van der Waals surface area contributed by atoms with Gasteiger partial charge in [0.15, 0.2) is 0 Å². The number of hydrogen-bond acceptors (Lipinski definition) is 7. The van der Waals surface area contributed by atoms with Gasteiger partial charge in [-0.05, 0) is 60.9 Å². The number of hydrogen-bond donors (Lipinski definition) is 2. The van der Waals surface area contributed by atoms with E-state index in [0.29, 0.717) is 22.2 Å². The van der Waals surface area contributed by atoms with E-state index in [-0.39, 0.29) is 18.7 Å². The molecule has 2 heterocycles. The SMILES string of the molecule is CCOC(=O)c1c(C2CC2)csc1NC(=O)C1=NN(c2ccc(F)cc2)C(C(N)=O)C1. The van der Waals surface area contributed by atoms with E-state index in [0.717, 1.165) is 18.4 Å². The van der Waals surface area contributed by atoms with Crippen LogP contribution in [0.4, 0.5) is 15.1 Å². The molecule has 1 aromatic carbocycles. The molecule has 1 saturated carbocycles. The molecule has 10 heteroatoms. The van der Waals surface area contributed by atoms with Crippen LogP contribution in [-0.2, 0) is 14.3 Å². The molecular weight excluding hydrogens is 423 g/mol. The Morgan fingerprint density at radius 1 is 1.29 bits per heavy atom. The van der Waals surface area contributed by atoms with Crippen molar-refractivity contribution in [1.29, 1.82) is 0 Å². The Morgan fingerprint density at radius 2 is 2.00 bits per heavy atom. The zero-order valence-corrected chi connectivity index (χ0v) is 17.6. The van der Waals surface area contributed by atoms with E-state index in [1.807, 2.05) is 5.38 Å². The summed E-state index contributed by atoms with van der Waals surface area (Å²) < 4.78 is 18.4. The number of hydrazone groups is 1. The minimum absolute atomic E-state index is 0.00581. The first-order valence-corrected chi connectivity index (χ1v) is 10.8. The van der Waals surface area contributed by atoms with Crippen LogP contribution in [-0.4, -0.2) is 36.1 Å². The molecular formula is C21H21FN4O4S. The number of amides is 2. The quantitative estimate of drug-likeness (QED) is 0.637. The molecule has 1 fully saturated rings. The lowest BCUT2D eigenvalue weighted by atomic mass is 10.1. The number of thiophene rings is 1. The summed E-state index contributed by atoms with van der Waals surface area (Å²) in [6.07, 6.45) is 1.99. The van der Waals surface area contributed by atoms with Crippen LogP contribution in [0.25, 0.3) is 0 Å². The third-order valence-corrected chi connectivity index (χ3v) is 6.05. The van der Waals surface area contributed by atoms with Gasteiger partial charge >= 0.3 is 5.97 Å². The van der Waals surface area contributed by atoms with Gasteiger partial charge in [0.2, 0.25) is 5.91 Å². The van der Waals surface area contributed by atoms with Crippen LogP contribution in [0.5, 0.6) is 0 Å². The summed E-state index contributed by atoms with van der Waals surface area (Å²) in [5.41, 5.74) is 7.28. The third-order valence-electron chi connectivity index (χ3n) is 5.14. The number of nitrogens with two attached hydrogens (primary N) is 1. The van der Waals surface area contributed by atoms with Gasteiger partial charge in [0.05, 0.1) is 17.9 Å². The number of carbonyl (C=O) groups is 3. The normalized spacial score (nSPS) is 17.9. The van der Waals surface area contributed by atoms with Crippen molar-refractivity contribution in [2.45, 2.75) is 38.1 Å². The summed E-state index contributed by atoms with van der Waals surface area (Å²) >= 11 is 1.26. The molecule has 8 nitrogen and oxygen atoms in total. The van der Waals surface area contributed by atoms with Gasteiger partial charge in [-0.3, -0.25) is 14.6 Å². The Hall–Kier alpha value is -3.27. The highest BCUT2D eigenvalue weighted by Gasteiger charge is 2.37. The molecule has 0 spiro atoms. The van der Waals surface area contributed by atoms with E-state index in [4.69, 9.17) is 10.5 Å². The van der Waals surface area contributed by atoms with Gasteiger partial charge in [-0.15, -0.1) is 11.3 Å². The van der Waals surface area contributed by atoms with Crippen molar-refractivity contribution in [3.05, 3.63) is 46.6 Å². The fraction of sp³-hybridized carbons (Fsp3) is 0.333. The molecule has 0 saturated heterocycles. The third kappa shape index (κ3) is 4.29. The first-order chi connectivity index (χ1) is 14.9. The van der Waals surface area contributed by atoms with Crippen LogP contribution < -0.4 is 16.1 Å². The highest BCUT2D eigenvalue weighted by atomic mass is 32.1. The summed E-state index contributed by atoms with van der Waals surface area (Å²) in [5, 5.41) is 10.6. The lowest BCUT2D eigenvalue weighted by molar-refractivity contribution is -0.119. The number of ether oxygens (including phenoxy) is 1. The fourth-order valence-electron chi connectivity index (χ4n) is 3.45. The van der Waals surface area contributed by atoms with E-state index >= 15 is 0 Å². The van der Waals surface area contributed by atoms with E-state index in [2.05, 4.69) is 10.4 Å². The van der Waals surface area contributed by atoms with Crippen molar-refractivity contribution in [3.63, 3.8) is 0 Å². The average Bonchev–Trinajstić information content (AvgIpc) is 3.33. The van der Waals surface area contributed by atoms with E-state index in [1.165, 1.54) is 40.6 Å². The van der Waals surface area contributed by atoms with Crippen LogP contribution in [0.3, 0.4) is 0 Å². The molecule has 0 bridgehead atoms. The summed E-state index contributed by atoms with van der Waals surface area (Å²) in [4.78, 5) is 37.3. The Morgan fingerprint density at radius 3 is 2.61 bits per heavy atom. The van der Waals surface area contributed by atoms with Crippen molar-refractivity contribution in [3.8, 4) is 0 Å². The minimum atomic E-state index is -0.874. The van der Waals surface area contributed by atoms with Gasteiger partial charge in [0.1, 0.15) is 22.6 Å². The first kappa shape index (κ1) is 21.0. The standard InChI is InChI=1S/C21H21FN4O4S/c1-2-30-21(29)17-14(11-3-4-11)10-31-20(17)24-19(28)15-9-16(18(23)27)26(25-15)13-7-5-12(22)6-8-13/h5-8,10-11,16H,2-4,9H2,1H3,(H2,23,27)(H,24,28). The molecule has 162 valence electrons. The topological polar surface area (TPSA) is 114 Å². The number of anilines is 2. The molecule has 1 atom stereocenters.